The summed E-state index contributed by atoms with van der Waals surface area (Å²) < 4.78 is 0. The van der Waals surface area contributed by atoms with E-state index in [1.807, 2.05) is 0 Å². The highest BCUT2D eigenvalue weighted by atomic mass is 15.2. The fourth-order valence-electron chi connectivity index (χ4n) is 3.00. The van der Waals surface area contributed by atoms with Crippen molar-refractivity contribution in [1.29, 1.82) is 0 Å². The van der Waals surface area contributed by atoms with E-state index >= 15 is 0 Å². The fourth-order valence-corrected chi connectivity index (χ4v) is 3.00. The molecule has 3 N–H and O–H groups in total. The molecule has 0 aromatic rings. The molecular weight excluding hydrogens is 280 g/mol. The van der Waals surface area contributed by atoms with Crippen LogP contribution in [0.2, 0.25) is 0 Å². The zero-order valence-corrected chi connectivity index (χ0v) is 16.0. The molecule has 0 aliphatic heterocycles. The number of hydrogen-bond donors (Lipinski definition) is 2. The Bertz CT molecular complexity index is 226. The summed E-state index contributed by atoms with van der Waals surface area (Å²) in [6.45, 7) is 3.25. The van der Waals surface area contributed by atoms with Crippen molar-refractivity contribution in [2.45, 2.75) is 116 Å². The summed E-state index contributed by atoms with van der Waals surface area (Å²) >= 11 is 0. The van der Waals surface area contributed by atoms with Gasteiger partial charge in [-0.2, -0.15) is 0 Å². The van der Waals surface area contributed by atoms with E-state index in [0.29, 0.717) is 0 Å². The highest BCUT2D eigenvalue weighted by Gasteiger charge is 1.92. The van der Waals surface area contributed by atoms with Crippen LogP contribution in [0.3, 0.4) is 0 Å². The number of unbranched alkanes of at least 4 members (excludes halogenated alkanes) is 15. The Labute approximate surface area is 146 Å². The predicted octanol–water partition coefficient (Wildman–Crippen LogP) is 6.66. The minimum atomic E-state index is 0.960. The summed E-state index contributed by atoms with van der Waals surface area (Å²) in [5.74, 6) is 5.25. The average molecular weight is 325 g/mol. The van der Waals surface area contributed by atoms with Crippen LogP contribution in [0, 0.1) is 0 Å². The van der Waals surface area contributed by atoms with E-state index in [2.05, 4.69) is 24.5 Å². The molecule has 0 bridgehead atoms. The number of nitrogens with two attached hydrogens (primary N) is 1. The molecule has 0 heterocycles. The maximum absolute atomic E-state index is 5.25. The Morgan fingerprint density at radius 3 is 1.39 bits per heavy atom. The molecule has 0 aromatic carbocycles. The van der Waals surface area contributed by atoms with Gasteiger partial charge < -0.3 is 0 Å². The lowest BCUT2D eigenvalue weighted by Gasteiger charge is -2.01. The molecule has 0 fully saturated rings. The van der Waals surface area contributed by atoms with Gasteiger partial charge in [-0.3, -0.25) is 11.3 Å². The Kier molecular flexibility index (Phi) is 21.3. The number of nitrogens with one attached hydrogen (secondary N) is 1. The van der Waals surface area contributed by atoms with Gasteiger partial charge in [0.2, 0.25) is 0 Å². The first-order chi connectivity index (χ1) is 11.4. The van der Waals surface area contributed by atoms with Gasteiger partial charge in [-0.1, -0.05) is 96.1 Å². The number of hydrazine groups is 1. The molecule has 0 saturated carbocycles. The number of hydrogen-bond acceptors (Lipinski definition) is 2. The van der Waals surface area contributed by atoms with Gasteiger partial charge in [-0.25, -0.2) is 0 Å². The lowest BCUT2D eigenvalue weighted by Crippen LogP contribution is -2.22. The summed E-state index contributed by atoms with van der Waals surface area (Å²) in [7, 11) is 0. The zero-order valence-electron chi connectivity index (χ0n) is 16.0. The molecule has 2 heteroatoms. The van der Waals surface area contributed by atoms with Gasteiger partial charge in [-0.15, -0.1) is 0 Å². The smallest absolute Gasteiger partial charge is 0.00974 e. The van der Waals surface area contributed by atoms with E-state index in [1.165, 1.54) is 109 Å². The first kappa shape index (κ1) is 22.7. The highest BCUT2D eigenvalue weighted by molar-refractivity contribution is 4.81. The minimum absolute atomic E-state index is 0.960. The quantitative estimate of drug-likeness (QED) is 0.121. The van der Waals surface area contributed by atoms with Crippen LogP contribution in [0.15, 0.2) is 12.2 Å². The first-order valence-electron chi connectivity index (χ1n) is 10.5. The Balaban J connectivity index is 3.03. The highest BCUT2D eigenvalue weighted by Crippen LogP contribution is 2.11. The summed E-state index contributed by atoms with van der Waals surface area (Å²) in [5.41, 5.74) is 2.72. The summed E-state index contributed by atoms with van der Waals surface area (Å²) in [4.78, 5) is 0. The molecule has 0 atom stereocenters. The van der Waals surface area contributed by atoms with Gasteiger partial charge in [0, 0.05) is 6.54 Å². The molecule has 0 spiro atoms. The van der Waals surface area contributed by atoms with E-state index in [4.69, 9.17) is 5.84 Å². The van der Waals surface area contributed by atoms with Crippen LogP contribution in [0.1, 0.15) is 116 Å². The molecule has 0 amide bonds. The van der Waals surface area contributed by atoms with Crippen LogP contribution in [-0.4, -0.2) is 6.54 Å². The topological polar surface area (TPSA) is 38.0 Å². The molecule has 138 valence electrons. The monoisotopic (exact) mass is 324 g/mol. The fraction of sp³-hybridized carbons (Fsp3) is 0.905. The zero-order chi connectivity index (χ0) is 16.8. The van der Waals surface area contributed by atoms with E-state index in [9.17, 15) is 0 Å². The molecule has 23 heavy (non-hydrogen) atoms. The third kappa shape index (κ3) is 21.7. The molecule has 0 aliphatic carbocycles. The van der Waals surface area contributed by atoms with Gasteiger partial charge in [0.25, 0.3) is 0 Å². The van der Waals surface area contributed by atoms with Crippen molar-refractivity contribution < 1.29 is 0 Å². The third-order valence-corrected chi connectivity index (χ3v) is 4.58. The van der Waals surface area contributed by atoms with Crippen molar-refractivity contribution in [2.75, 3.05) is 6.54 Å². The van der Waals surface area contributed by atoms with Crippen LogP contribution in [0.25, 0.3) is 0 Å². The molecule has 2 nitrogen and oxygen atoms in total. The van der Waals surface area contributed by atoms with Gasteiger partial charge in [0.1, 0.15) is 0 Å². The van der Waals surface area contributed by atoms with Crippen molar-refractivity contribution in [1.82, 2.24) is 5.43 Å². The summed E-state index contributed by atoms with van der Waals surface area (Å²) in [6, 6.07) is 0. The van der Waals surface area contributed by atoms with Crippen LogP contribution >= 0.6 is 0 Å². The SMILES string of the molecule is CCCCCCCCCCC/C=C\CCCCCCCCNN. The van der Waals surface area contributed by atoms with Crippen LogP contribution in [-0.2, 0) is 0 Å². The minimum Gasteiger partial charge on any atom is -0.271 e. The number of rotatable bonds is 19. The van der Waals surface area contributed by atoms with Gasteiger partial charge in [-0.05, 0) is 32.1 Å². The Morgan fingerprint density at radius 1 is 0.565 bits per heavy atom. The van der Waals surface area contributed by atoms with Crippen molar-refractivity contribution in [3.63, 3.8) is 0 Å². The van der Waals surface area contributed by atoms with Crippen molar-refractivity contribution in [3.05, 3.63) is 12.2 Å². The van der Waals surface area contributed by atoms with E-state index < -0.39 is 0 Å². The van der Waals surface area contributed by atoms with Gasteiger partial charge in [0.15, 0.2) is 0 Å². The maximum Gasteiger partial charge on any atom is 0.00974 e. The molecule has 0 rings (SSSR count). The van der Waals surface area contributed by atoms with E-state index in [-0.39, 0.29) is 0 Å². The lowest BCUT2D eigenvalue weighted by atomic mass is 10.1. The second-order valence-electron chi connectivity index (χ2n) is 6.95. The second kappa shape index (κ2) is 21.7. The van der Waals surface area contributed by atoms with Gasteiger partial charge in [0.05, 0.1) is 0 Å². The van der Waals surface area contributed by atoms with Crippen molar-refractivity contribution in [3.8, 4) is 0 Å². The normalized spacial score (nSPS) is 11.6. The molecule has 0 aromatic heterocycles. The molecular formula is C21H44N2. The van der Waals surface area contributed by atoms with Crippen LogP contribution in [0.4, 0.5) is 0 Å². The summed E-state index contributed by atoms with van der Waals surface area (Å²) in [5, 5.41) is 0. The van der Waals surface area contributed by atoms with Gasteiger partial charge >= 0.3 is 0 Å². The molecule has 0 aliphatic rings. The van der Waals surface area contributed by atoms with Crippen molar-refractivity contribution >= 4 is 0 Å². The van der Waals surface area contributed by atoms with Crippen molar-refractivity contribution in [2.24, 2.45) is 5.84 Å². The second-order valence-corrected chi connectivity index (χ2v) is 6.95. The Morgan fingerprint density at radius 2 is 0.957 bits per heavy atom. The third-order valence-electron chi connectivity index (χ3n) is 4.58. The molecule has 0 radical (unpaired) electrons. The Hall–Kier alpha value is -0.340. The summed E-state index contributed by atoms with van der Waals surface area (Å²) in [6.07, 6.45) is 28.3. The maximum atomic E-state index is 5.25. The average Bonchev–Trinajstić information content (AvgIpc) is 2.57. The number of allylic oxidation sites excluding steroid dienone is 2. The lowest BCUT2D eigenvalue weighted by molar-refractivity contribution is 0.566. The largest absolute Gasteiger partial charge is 0.271 e. The molecule has 0 unspecified atom stereocenters. The predicted molar refractivity (Wildman–Crippen MR) is 105 cm³/mol. The molecule has 0 saturated heterocycles. The van der Waals surface area contributed by atoms with Crippen LogP contribution < -0.4 is 11.3 Å². The first-order valence-corrected chi connectivity index (χ1v) is 10.5. The van der Waals surface area contributed by atoms with Crippen LogP contribution in [0.5, 0.6) is 0 Å². The van der Waals surface area contributed by atoms with E-state index in [0.717, 1.165) is 6.54 Å². The van der Waals surface area contributed by atoms with E-state index in [1.54, 1.807) is 0 Å². The standard InChI is InChI=1S/C21H44N2/c1-2-3-4-5-6-7-8-9-10-11-12-13-14-15-16-17-18-19-20-21-23-22/h12-13,23H,2-11,14-22H2,1H3/b13-12-.